The molecule has 0 saturated carbocycles. The quantitative estimate of drug-likeness (QED) is 0.504. The van der Waals surface area contributed by atoms with Crippen molar-refractivity contribution < 1.29 is 0 Å². The fourth-order valence-electron chi connectivity index (χ4n) is 0. The Labute approximate surface area is 47.1 Å². The lowest BCUT2D eigenvalue weighted by Gasteiger charge is -0.701. The zero-order chi connectivity index (χ0) is 2.00. The van der Waals surface area contributed by atoms with Crippen molar-refractivity contribution in [3.63, 3.8) is 0 Å². The first-order chi connectivity index (χ1) is 1.00. The largest absolute Gasteiger partial charge is 0.124 e. The summed E-state index contributed by atoms with van der Waals surface area (Å²) in [5.74, 6) is 0. The highest BCUT2D eigenvalue weighted by atomic mass is 79.9. The maximum absolute atomic E-state index is 4.00. The summed E-state index contributed by atoms with van der Waals surface area (Å²) in [7, 11) is 0. The molecule has 2 heteroatoms. The van der Waals surface area contributed by atoms with Crippen molar-refractivity contribution in [1.29, 1.82) is 0 Å². The van der Waals surface area contributed by atoms with Crippen molar-refractivity contribution in [2.75, 3.05) is 0 Å². The average Bonchev–Trinajstić information content (AvgIpc) is 1.00. The number of terminal acetylenes is 1. The van der Waals surface area contributed by atoms with E-state index in [0.29, 0.717) is 0 Å². The zero-order valence-corrected chi connectivity index (χ0v) is 5.40. The summed E-state index contributed by atoms with van der Waals surface area (Å²) < 4.78 is 0. The molecule has 0 N–H and O–H groups in total. The van der Waals surface area contributed by atoms with Gasteiger partial charge in [0.25, 0.3) is 0 Å². The van der Waals surface area contributed by atoms with Crippen LogP contribution in [0.25, 0.3) is 0 Å². The SMILES string of the molecule is Br.Br.C#C. The molecule has 26 valence electrons. The average molecular weight is 188 g/mol. The minimum atomic E-state index is 0. The summed E-state index contributed by atoms with van der Waals surface area (Å²) in [5.41, 5.74) is 0. The van der Waals surface area contributed by atoms with Gasteiger partial charge in [0.2, 0.25) is 0 Å². The van der Waals surface area contributed by atoms with Gasteiger partial charge in [-0.15, -0.1) is 46.8 Å². The summed E-state index contributed by atoms with van der Waals surface area (Å²) in [5, 5.41) is 0. The van der Waals surface area contributed by atoms with E-state index in [1.54, 1.807) is 0 Å². The zero-order valence-electron chi connectivity index (χ0n) is 1.97. The topological polar surface area (TPSA) is 0 Å². The van der Waals surface area contributed by atoms with E-state index in [1.807, 2.05) is 0 Å². The van der Waals surface area contributed by atoms with Crippen molar-refractivity contribution in [1.82, 2.24) is 0 Å². The minimum absolute atomic E-state index is 0. The van der Waals surface area contributed by atoms with Crippen molar-refractivity contribution >= 4 is 34.0 Å². The minimum Gasteiger partial charge on any atom is -0.124 e. The van der Waals surface area contributed by atoms with Gasteiger partial charge in [0.1, 0.15) is 0 Å². The molecular weight excluding hydrogens is 184 g/mol. The Bertz CT molecular complexity index is 8.75. The van der Waals surface area contributed by atoms with Crippen LogP contribution >= 0.6 is 34.0 Å². The second kappa shape index (κ2) is 82.7. The van der Waals surface area contributed by atoms with Crippen molar-refractivity contribution in [2.24, 2.45) is 0 Å². The molecular formula is C2H4Br2. The summed E-state index contributed by atoms with van der Waals surface area (Å²) in [4.78, 5) is 0. The molecule has 0 saturated heterocycles. The third-order valence-electron chi connectivity index (χ3n) is 0. The highest BCUT2D eigenvalue weighted by Gasteiger charge is 0.454. The van der Waals surface area contributed by atoms with Crippen LogP contribution in [0.2, 0.25) is 0 Å². The molecule has 0 aromatic heterocycles. The van der Waals surface area contributed by atoms with E-state index in [1.165, 1.54) is 0 Å². The molecule has 0 spiro atoms. The van der Waals surface area contributed by atoms with Gasteiger partial charge < -0.3 is 0 Å². The van der Waals surface area contributed by atoms with Gasteiger partial charge in [0.15, 0.2) is 0 Å². The molecule has 0 aromatic rings. The summed E-state index contributed by atoms with van der Waals surface area (Å²) in [6, 6.07) is 0. The van der Waals surface area contributed by atoms with Crippen LogP contribution in [-0.4, -0.2) is 0 Å². The second-order valence-corrected chi connectivity index (χ2v) is 0. The van der Waals surface area contributed by atoms with Crippen LogP contribution in [-0.2, 0) is 0 Å². The summed E-state index contributed by atoms with van der Waals surface area (Å²) in [6.07, 6.45) is 8.00. The third-order valence-corrected chi connectivity index (χ3v) is 0. The lowest BCUT2D eigenvalue weighted by atomic mass is 11.4. The molecule has 0 nitrogen and oxygen atoms in total. The van der Waals surface area contributed by atoms with E-state index < -0.39 is 0 Å². The fourth-order valence-corrected chi connectivity index (χ4v) is 0. The number of rotatable bonds is 0. The molecule has 0 radical (unpaired) electrons. The van der Waals surface area contributed by atoms with Crippen LogP contribution in [0.5, 0.6) is 0 Å². The molecule has 0 aliphatic heterocycles. The van der Waals surface area contributed by atoms with E-state index >= 15 is 0 Å². The van der Waals surface area contributed by atoms with Crippen LogP contribution < -0.4 is 0 Å². The Morgan fingerprint density at radius 2 is 0.750 bits per heavy atom. The van der Waals surface area contributed by atoms with Crippen LogP contribution in [0.15, 0.2) is 0 Å². The van der Waals surface area contributed by atoms with Gasteiger partial charge in [-0.05, 0) is 0 Å². The number of hydrogen-bond donors (Lipinski definition) is 0. The Balaban J connectivity index is -0.00000000500. The Hall–Kier alpha value is 0.520. The van der Waals surface area contributed by atoms with Gasteiger partial charge in [-0.25, -0.2) is 0 Å². The maximum Gasteiger partial charge on any atom is -0.114 e. The van der Waals surface area contributed by atoms with Gasteiger partial charge in [-0.1, -0.05) is 0 Å². The molecule has 0 rings (SSSR count). The molecule has 0 aromatic carbocycles. The molecule has 0 heterocycles. The van der Waals surface area contributed by atoms with E-state index in [0.717, 1.165) is 0 Å². The second-order valence-electron chi connectivity index (χ2n) is 0. The van der Waals surface area contributed by atoms with Crippen molar-refractivity contribution in [3.8, 4) is 12.8 Å². The van der Waals surface area contributed by atoms with Gasteiger partial charge in [0.05, 0.1) is 0 Å². The van der Waals surface area contributed by atoms with Gasteiger partial charge in [-0.2, -0.15) is 0 Å². The van der Waals surface area contributed by atoms with Crippen LogP contribution in [0, 0.1) is 12.8 Å². The Morgan fingerprint density at radius 3 is 0.750 bits per heavy atom. The highest BCUT2D eigenvalue weighted by Crippen LogP contribution is 0.847. The van der Waals surface area contributed by atoms with Gasteiger partial charge in [0, 0.05) is 0 Å². The molecule has 0 aliphatic carbocycles. The maximum atomic E-state index is 4.00. The normalized spacial score (nSPS) is 0.500. The smallest absolute Gasteiger partial charge is 0.114 e. The monoisotopic (exact) mass is 186 g/mol. The van der Waals surface area contributed by atoms with Crippen LogP contribution in [0.4, 0.5) is 0 Å². The first-order valence-electron chi connectivity index (χ1n) is 0.333. The first-order valence-corrected chi connectivity index (χ1v) is 0.333. The number of halogens is 2. The lowest BCUT2D eigenvalue weighted by molar-refractivity contribution is 3.31. The summed E-state index contributed by atoms with van der Waals surface area (Å²) in [6.45, 7) is 0. The van der Waals surface area contributed by atoms with Gasteiger partial charge >= 0.3 is 0 Å². The standard InChI is InChI=1S/C2H2.2BrH/c1-2;;/h1-2H;2*1H. The van der Waals surface area contributed by atoms with Crippen molar-refractivity contribution in [2.45, 2.75) is 0 Å². The fraction of sp³-hybridized carbons (Fsp3) is 0. The molecule has 0 unspecified atom stereocenters. The third kappa shape index (κ3) is 21.5. The van der Waals surface area contributed by atoms with E-state index in [2.05, 4.69) is 12.8 Å². The van der Waals surface area contributed by atoms with E-state index in [-0.39, 0.29) is 34.0 Å². The molecule has 0 atom stereocenters. The molecule has 0 fully saturated rings. The highest BCUT2D eigenvalue weighted by molar-refractivity contribution is 8.93. The van der Waals surface area contributed by atoms with Crippen molar-refractivity contribution in [3.05, 3.63) is 0 Å². The molecule has 4 heavy (non-hydrogen) atoms. The summed E-state index contributed by atoms with van der Waals surface area (Å²) >= 11 is 0. The number of hydrogen-bond acceptors (Lipinski definition) is 0. The predicted molar refractivity (Wildman–Crippen MR) is 30.5 cm³/mol. The van der Waals surface area contributed by atoms with Gasteiger partial charge in [-0.3, -0.25) is 0 Å². The Morgan fingerprint density at radius 1 is 0.750 bits per heavy atom. The molecule has 0 amide bonds. The van der Waals surface area contributed by atoms with Crippen LogP contribution in [0.1, 0.15) is 0 Å². The predicted octanol–water partition coefficient (Wildman–Crippen LogP) is 1.41. The molecule has 0 bridgehead atoms. The van der Waals surface area contributed by atoms with Crippen LogP contribution in [0.3, 0.4) is 0 Å². The first kappa shape index (κ1) is 24.2. The molecule has 0 aliphatic rings. The van der Waals surface area contributed by atoms with E-state index in [9.17, 15) is 0 Å². The van der Waals surface area contributed by atoms with E-state index in [4.69, 9.17) is 0 Å². The lowest BCUT2D eigenvalue weighted by Crippen LogP contribution is -0.576. The Kier molecular flexibility index (Phi) is 501.